The van der Waals surface area contributed by atoms with Crippen molar-refractivity contribution >= 4 is 23.2 Å². The van der Waals surface area contributed by atoms with Gasteiger partial charge in [-0.15, -0.1) is 0 Å². The number of piperazine rings is 1. The van der Waals surface area contributed by atoms with Crippen molar-refractivity contribution in [2.45, 2.75) is 13.3 Å². The number of halogens is 1. The molecule has 1 aliphatic heterocycles. The fourth-order valence-corrected chi connectivity index (χ4v) is 4.01. The molecule has 1 amide bonds. The van der Waals surface area contributed by atoms with Crippen LogP contribution in [0.4, 0.5) is 5.69 Å². The van der Waals surface area contributed by atoms with Gasteiger partial charge in [0.25, 0.3) is 11.5 Å². The minimum Gasteiger partial charge on any atom is -0.483 e. The van der Waals surface area contributed by atoms with Gasteiger partial charge in [-0.3, -0.25) is 9.59 Å². The van der Waals surface area contributed by atoms with Gasteiger partial charge >= 0.3 is 0 Å². The molecule has 4 rings (SSSR count). The number of aromatic nitrogens is 2. The number of ether oxygens (including phenoxy) is 1. The quantitative estimate of drug-likeness (QED) is 0.574. The van der Waals surface area contributed by atoms with E-state index in [-0.39, 0.29) is 23.1 Å². The van der Waals surface area contributed by atoms with Crippen LogP contribution in [-0.2, 0) is 11.2 Å². The topological polar surface area (TPSA) is 67.7 Å². The Morgan fingerprint density at radius 3 is 2.44 bits per heavy atom. The van der Waals surface area contributed by atoms with Crippen molar-refractivity contribution in [1.29, 1.82) is 0 Å². The summed E-state index contributed by atoms with van der Waals surface area (Å²) in [5.74, 6) is 0.693. The molecule has 0 radical (unpaired) electrons. The van der Waals surface area contributed by atoms with Crippen LogP contribution < -0.4 is 15.2 Å². The molecule has 0 aliphatic carbocycles. The highest BCUT2D eigenvalue weighted by Crippen LogP contribution is 2.23. The molecule has 0 spiro atoms. The van der Waals surface area contributed by atoms with E-state index in [1.54, 1.807) is 23.2 Å². The molecule has 32 heavy (non-hydrogen) atoms. The zero-order valence-electron chi connectivity index (χ0n) is 17.9. The number of hydrogen-bond acceptors (Lipinski definition) is 5. The summed E-state index contributed by atoms with van der Waals surface area (Å²) in [4.78, 5) is 29.1. The van der Waals surface area contributed by atoms with E-state index in [4.69, 9.17) is 16.3 Å². The molecule has 0 unspecified atom stereocenters. The molecular formula is C24H25ClN4O3. The second-order valence-corrected chi connectivity index (χ2v) is 7.89. The first-order valence-electron chi connectivity index (χ1n) is 10.6. The standard InChI is InChI=1S/C24H25ClN4O3/c1-2-18-8-6-7-11-21(18)32-17-22(30)28-14-12-27(13-15-28)20-16-26-29(24(31)23(20)25)19-9-4-3-5-10-19/h3-11,16H,2,12-15,17H2,1H3. The number of rotatable bonds is 6. The van der Waals surface area contributed by atoms with E-state index < -0.39 is 0 Å². The number of carbonyl (C=O) groups is 1. The monoisotopic (exact) mass is 452 g/mol. The average molecular weight is 453 g/mol. The first-order valence-corrected chi connectivity index (χ1v) is 11.0. The third-order valence-corrected chi connectivity index (χ3v) is 5.93. The SMILES string of the molecule is CCc1ccccc1OCC(=O)N1CCN(c2cnn(-c3ccccc3)c(=O)c2Cl)CC1. The van der Waals surface area contributed by atoms with Crippen LogP contribution in [0.2, 0.25) is 5.02 Å². The molecule has 0 atom stereocenters. The number of amides is 1. The van der Waals surface area contributed by atoms with Crippen LogP contribution in [-0.4, -0.2) is 53.4 Å². The predicted molar refractivity (Wildman–Crippen MR) is 125 cm³/mol. The van der Waals surface area contributed by atoms with Crippen molar-refractivity contribution in [3.8, 4) is 11.4 Å². The van der Waals surface area contributed by atoms with Crippen LogP contribution in [0.5, 0.6) is 5.75 Å². The summed E-state index contributed by atoms with van der Waals surface area (Å²) in [6.07, 6.45) is 2.46. The first kappa shape index (κ1) is 21.9. The molecule has 1 aromatic heterocycles. The zero-order chi connectivity index (χ0) is 22.5. The van der Waals surface area contributed by atoms with Crippen molar-refractivity contribution in [3.63, 3.8) is 0 Å². The predicted octanol–water partition coefficient (Wildman–Crippen LogP) is 3.18. The Hall–Kier alpha value is -3.32. The molecule has 2 aromatic carbocycles. The van der Waals surface area contributed by atoms with E-state index in [1.807, 2.05) is 47.4 Å². The summed E-state index contributed by atoms with van der Waals surface area (Å²) in [6, 6.07) is 16.9. The summed E-state index contributed by atoms with van der Waals surface area (Å²) in [5.41, 5.74) is 1.96. The lowest BCUT2D eigenvalue weighted by molar-refractivity contribution is -0.133. The Kier molecular flexibility index (Phi) is 6.75. The van der Waals surface area contributed by atoms with Crippen molar-refractivity contribution < 1.29 is 9.53 Å². The second-order valence-electron chi connectivity index (χ2n) is 7.51. The number of anilines is 1. The molecule has 1 saturated heterocycles. The zero-order valence-corrected chi connectivity index (χ0v) is 18.7. The lowest BCUT2D eigenvalue weighted by Crippen LogP contribution is -2.50. The summed E-state index contributed by atoms with van der Waals surface area (Å²) in [6.45, 7) is 4.24. The van der Waals surface area contributed by atoms with Crippen LogP contribution in [0, 0.1) is 0 Å². The lowest BCUT2D eigenvalue weighted by Gasteiger charge is -2.36. The summed E-state index contributed by atoms with van der Waals surface area (Å²) < 4.78 is 7.05. The molecule has 8 heteroatoms. The van der Waals surface area contributed by atoms with Crippen LogP contribution in [0.1, 0.15) is 12.5 Å². The average Bonchev–Trinajstić information content (AvgIpc) is 2.85. The van der Waals surface area contributed by atoms with Crippen LogP contribution in [0.25, 0.3) is 5.69 Å². The Labute approximate surface area is 191 Å². The lowest BCUT2D eigenvalue weighted by atomic mass is 10.1. The van der Waals surface area contributed by atoms with Gasteiger partial charge in [-0.2, -0.15) is 9.78 Å². The number of benzene rings is 2. The normalized spacial score (nSPS) is 13.8. The minimum atomic E-state index is -0.364. The maximum atomic E-state index is 12.7. The van der Waals surface area contributed by atoms with E-state index in [0.29, 0.717) is 37.6 Å². The van der Waals surface area contributed by atoms with Crippen molar-refractivity contribution in [2.24, 2.45) is 0 Å². The van der Waals surface area contributed by atoms with E-state index in [9.17, 15) is 9.59 Å². The van der Waals surface area contributed by atoms with Gasteiger partial charge in [-0.1, -0.05) is 54.9 Å². The highest BCUT2D eigenvalue weighted by atomic mass is 35.5. The molecule has 2 heterocycles. The van der Waals surface area contributed by atoms with Gasteiger partial charge < -0.3 is 14.5 Å². The van der Waals surface area contributed by atoms with Crippen molar-refractivity contribution in [2.75, 3.05) is 37.7 Å². The molecule has 3 aromatic rings. The molecule has 0 bridgehead atoms. The summed E-state index contributed by atoms with van der Waals surface area (Å²) in [5, 5.41) is 4.42. The van der Waals surface area contributed by atoms with Gasteiger partial charge in [0.05, 0.1) is 17.6 Å². The van der Waals surface area contributed by atoms with E-state index in [2.05, 4.69) is 12.0 Å². The van der Waals surface area contributed by atoms with Gasteiger partial charge in [-0.25, -0.2) is 0 Å². The maximum Gasteiger partial charge on any atom is 0.292 e. The van der Waals surface area contributed by atoms with Gasteiger partial charge in [-0.05, 0) is 30.2 Å². The highest BCUT2D eigenvalue weighted by molar-refractivity contribution is 6.33. The van der Waals surface area contributed by atoms with Crippen LogP contribution >= 0.6 is 11.6 Å². The first-order chi connectivity index (χ1) is 15.6. The minimum absolute atomic E-state index is 0.00639. The molecule has 7 nitrogen and oxygen atoms in total. The molecule has 0 saturated carbocycles. The molecular weight excluding hydrogens is 428 g/mol. The summed E-state index contributed by atoms with van der Waals surface area (Å²) >= 11 is 6.41. The molecule has 1 aliphatic rings. The van der Waals surface area contributed by atoms with E-state index in [1.165, 1.54) is 4.68 Å². The van der Waals surface area contributed by atoms with Crippen LogP contribution in [0.15, 0.2) is 65.6 Å². The number of carbonyl (C=O) groups excluding carboxylic acids is 1. The number of aryl methyl sites for hydroxylation is 1. The van der Waals surface area contributed by atoms with Gasteiger partial charge in [0.15, 0.2) is 6.61 Å². The summed E-state index contributed by atoms with van der Waals surface area (Å²) in [7, 11) is 0. The molecule has 1 fully saturated rings. The molecule has 0 N–H and O–H groups in total. The van der Waals surface area contributed by atoms with E-state index >= 15 is 0 Å². The van der Waals surface area contributed by atoms with Crippen molar-refractivity contribution in [3.05, 3.63) is 81.7 Å². The highest BCUT2D eigenvalue weighted by Gasteiger charge is 2.24. The fourth-order valence-electron chi connectivity index (χ4n) is 3.76. The largest absolute Gasteiger partial charge is 0.483 e. The Bertz CT molecular complexity index is 1140. The Morgan fingerprint density at radius 2 is 1.72 bits per heavy atom. The van der Waals surface area contributed by atoms with Gasteiger partial charge in [0.1, 0.15) is 10.8 Å². The smallest absolute Gasteiger partial charge is 0.292 e. The van der Waals surface area contributed by atoms with Gasteiger partial charge in [0.2, 0.25) is 0 Å². The molecule has 166 valence electrons. The number of nitrogens with zero attached hydrogens (tertiary/aromatic N) is 4. The third-order valence-electron chi connectivity index (χ3n) is 5.58. The Balaban J connectivity index is 1.38. The van der Waals surface area contributed by atoms with E-state index in [0.717, 1.165) is 17.7 Å². The second kappa shape index (κ2) is 9.87. The fraction of sp³-hybridized carbons (Fsp3) is 0.292. The third kappa shape index (κ3) is 4.62. The Morgan fingerprint density at radius 1 is 1.03 bits per heavy atom. The maximum absolute atomic E-state index is 12.7. The van der Waals surface area contributed by atoms with Crippen molar-refractivity contribution in [1.82, 2.24) is 14.7 Å². The van der Waals surface area contributed by atoms with Gasteiger partial charge in [0, 0.05) is 26.2 Å². The van der Waals surface area contributed by atoms with Crippen LogP contribution in [0.3, 0.4) is 0 Å². The number of hydrogen-bond donors (Lipinski definition) is 0. The number of para-hydroxylation sites is 2.